The van der Waals surface area contributed by atoms with Crippen molar-refractivity contribution in [3.63, 3.8) is 0 Å². The lowest BCUT2D eigenvalue weighted by molar-refractivity contribution is -0.144. The van der Waals surface area contributed by atoms with Crippen LogP contribution in [0.3, 0.4) is 0 Å². The molecule has 2 N–H and O–H groups in total. The van der Waals surface area contributed by atoms with E-state index in [4.69, 9.17) is 11.6 Å². The van der Waals surface area contributed by atoms with Gasteiger partial charge >= 0.3 is 5.97 Å². The van der Waals surface area contributed by atoms with Gasteiger partial charge in [0.1, 0.15) is 17.5 Å². The van der Waals surface area contributed by atoms with Gasteiger partial charge in [0.15, 0.2) is 0 Å². The predicted octanol–water partition coefficient (Wildman–Crippen LogP) is 5.57. The van der Waals surface area contributed by atoms with Crippen LogP contribution in [0.4, 0.5) is 14.5 Å². The number of carbonyl (C=O) groups is 1. The highest BCUT2D eigenvalue weighted by molar-refractivity contribution is 9.09. The molecule has 1 fully saturated rings. The van der Waals surface area contributed by atoms with Crippen LogP contribution in [0.5, 0.6) is 0 Å². The minimum atomic E-state index is -1.50. The Kier molecular flexibility index (Phi) is 4.74. The van der Waals surface area contributed by atoms with Crippen molar-refractivity contribution >= 4 is 45.3 Å². The molecule has 3 nitrogen and oxygen atoms in total. The smallest absolute Gasteiger partial charge is 0.329 e. The van der Waals surface area contributed by atoms with Gasteiger partial charge in [-0.3, -0.25) is 0 Å². The van der Waals surface area contributed by atoms with E-state index in [1.165, 1.54) is 12.1 Å². The van der Waals surface area contributed by atoms with E-state index in [1.54, 1.807) is 42.5 Å². The van der Waals surface area contributed by atoms with E-state index in [1.807, 2.05) is 0 Å². The molecule has 0 aromatic heterocycles. The molecule has 0 saturated heterocycles. The first kappa shape index (κ1) is 19.4. The number of carboxylic acids is 1. The third kappa shape index (κ3) is 2.94. The zero-order valence-corrected chi connectivity index (χ0v) is 17.0. The van der Waals surface area contributed by atoms with Gasteiger partial charge in [-0.15, -0.1) is 0 Å². The molecule has 1 spiro atoms. The Balaban J connectivity index is 1.71. The minimum Gasteiger partial charge on any atom is -0.480 e. The molecule has 2 aromatic carbocycles. The SMILES string of the molecule is O=C(O)C1(Nc2cccc(Cl)c2)CC(F)C2(C=Cc3cc(F)ccc32)C(Br)C1. The van der Waals surface area contributed by atoms with Gasteiger partial charge in [-0.05, 0) is 47.9 Å². The van der Waals surface area contributed by atoms with Crippen LogP contribution in [0, 0.1) is 5.82 Å². The highest BCUT2D eigenvalue weighted by atomic mass is 79.9. The van der Waals surface area contributed by atoms with Crippen molar-refractivity contribution in [3.05, 3.63) is 70.5 Å². The number of rotatable bonds is 3. The molecule has 0 amide bonds. The maximum atomic E-state index is 15.7. The summed E-state index contributed by atoms with van der Waals surface area (Å²) in [5.74, 6) is -1.52. The number of hydrogen-bond donors (Lipinski definition) is 2. The van der Waals surface area contributed by atoms with Gasteiger partial charge in [0.05, 0.1) is 5.41 Å². The average Bonchev–Trinajstić information content (AvgIpc) is 2.99. The predicted molar refractivity (Wildman–Crippen MR) is 109 cm³/mol. The number of hydrogen-bond acceptors (Lipinski definition) is 2. The van der Waals surface area contributed by atoms with Crippen LogP contribution in [0.1, 0.15) is 24.0 Å². The van der Waals surface area contributed by atoms with Gasteiger partial charge in [0.2, 0.25) is 0 Å². The van der Waals surface area contributed by atoms with Crippen LogP contribution in [0.2, 0.25) is 5.02 Å². The average molecular weight is 469 g/mol. The van der Waals surface area contributed by atoms with E-state index in [9.17, 15) is 14.3 Å². The van der Waals surface area contributed by atoms with E-state index < -0.39 is 27.9 Å². The molecule has 2 aliphatic rings. The number of nitrogens with one attached hydrogen (secondary N) is 1. The number of halogens is 4. The molecule has 1 saturated carbocycles. The van der Waals surface area contributed by atoms with Crippen LogP contribution in [-0.4, -0.2) is 27.6 Å². The fraction of sp³-hybridized carbons (Fsp3) is 0.286. The van der Waals surface area contributed by atoms with Crippen molar-refractivity contribution in [3.8, 4) is 0 Å². The fourth-order valence-electron chi connectivity index (χ4n) is 4.33. The second-order valence-electron chi connectivity index (χ2n) is 7.36. The summed E-state index contributed by atoms with van der Waals surface area (Å²) in [5, 5.41) is 13.4. The Morgan fingerprint density at radius 3 is 2.71 bits per heavy atom. The van der Waals surface area contributed by atoms with Gasteiger partial charge in [-0.1, -0.05) is 51.8 Å². The second kappa shape index (κ2) is 6.85. The van der Waals surface area contributed by atoms with Crippen molar-refractivity contribution in [2.75, 3.05) is 5.32 Å². The topological polar surface area (TPSA) is 49.3 Å². The molecule has 0 radical (unpaired) electrons. The molecule has 4 rings (SSSR count). The van der Waals surface area contributed by atoms with E-state index >= 15 is 4.39 Å². The summed E-state index contributed by atoms with van der Waals surface area (Å²) >= 11 is 9.56. The molecule has 7 heteroatoms. The van der Waals surface area contributed by atoms with Crippen molar-refractivity contribution in [1.82, 2.24) is 0 Å². The van der Waals surface area contributed by atoms with E-state index in [2.05, 4.69) is 21.2 Å². The first-order valence-corrected chi connectivity index (χ1v) is 10.1. The van der Waals surface area contributed by atoms with Gasteiger partial charge in [0.25, 0.3) is 0 Å². The van der Waals surface area contributed by atoms with Crippen LogP contribution in [0.15, 0.2) is 48.5 Å². The number of benzene rings is 2. The summed E-state index contributed by atoms with van der Waals surface area (Å²) in [4.78, 5) is 11.7. The molecule has 146 valence electrons. The zero-order valence-electron chi connectivity index (χ0n) is 14.6. The molecule has 2 aromatic rings. The third-order valence-corrected chi connectivity index (χ3v) is 7.04. The Morgan fingerprint density at radius 1 is 1.25 bits per heavy atom. The molecule has 2 aliphatic carbocycles. The van der Waals surface area contributed by atoms with Gasteiger partial charge < -0.3 is 10.4 Å². The normalized spacial score (nSPS) is 31.0. The third-order valence-electron chi connectivity index (χ3n) is 5.73. The Morgan fingerprint density at radius 2 is 2.04 bits per heavy atom. The fourth-order valence-corrected chi connectivity index (χ4v) is 5.76. The quantitative estimate of drug-likeness (QED) is 0.579. The summed E-state index contributed by atoms with van der Waals surface area (Å²) in [7, 11) is 0. The summed E-state index contributed by atoms with van der Waals surface area (Å²) in [6.07, 6.45) is 1.84. The van der Waals surface area contributed by atoms with Crippen LogP contribution >= 0.6 is 27.5 Å². The second-order valence-corrected chi connectivity index (χ2v) is 8.91. The van der Waals surface area contributed by atoms with Crippen molar-refractivity contribution in [2.45, 2.75) is 34.8 Å². The molecule has 0 aliphatic heterocycles. The molecule has 4 unspecified atom stereocenters. The maximum Gasteiger partial charge on any atom is 0.329 e. The lowest BCUT2D eigenvalue weighted by Gasteiger charge is -2.48. The molecular formula is C21H17BrClF2NO2. The lowest BCUT2D eigenvalue weighted by Crippen LogP contribution is -2.60. The summed E-state index contributed by atoms with van der Waals surface area (Å²) in [6, 6.07) is 11.0. The van der Waals surface area contributed by atoms with E-state index in [0.29, 0.717) is 21.8 Å². The number of aliphatic carboxylic acids is 1. The van der Waals surface area contributed by atoms with Gasteiger partial charge in [0, 0.05) is 22.0 Å². The first-order chi connectivity index (χ1) is 13.3. The Hall–Kier alpha value is -1.92. The van der Waals surface area contributed by atoms with Crippen LogP contribution in [0.25, 0.3) is 6.08 Å². The molecule has 0 bridgehead atoms. The molecule has 0 heterocycles. The number of alkyl halides is 2. The number of fused-ring (bicyclic) bond motifs is 2. The Labute approximate surface area is 174 Å². The largest absolute Gasteiger partial charge is 0.480 e. The first-order valence-electron chi connectivity index (χ1n) is 8.81. The van der Waals surface area contributed by atoms with Crippen molar-refractivity contribution in [1.29, 1.82) is 0 Å². The minimum absolute atomic E-state index is 0.135. The number of allylic oxidation sites excluding steroid dienone is 1. The highest BCUT2D eigenvalue weighted by Gasteiger charge is 2.59. The maximum absolute atomic E-state index is 15.7. The lowest BCUT2D eigenvalue weighted by atomic mass is 9.63. The zero-order chi connectivity index (χ0) is 20.1. The Bertz CT molecular complexity index is 969. The van der Waals surface area contributed by atoms with E-state index in [-0.39, 0.29) is 18.7 Å². The van der Waals surface area contributed by atoms with Crippen LogP contribution in [-0.2, 0) is 10.2 Å². The van der Waals surface area contributed by atoms with Crippen molar-refractivity contribution in [2.24, 2.45) is 0 Å². The van der Waals surface area contributed by atoms with Crippen LogP contribution < -0.4 is 5.32 Å². The number of carboxylic acid groups (broad SMARTS) is 1. The standard InChI is InChI=1S/C21H17BrClF2NO2/c22-17-10-20(19(27)28,26-15-3-1-2-13(23)9-15)11-18(25)21(17)7-6-12-8-14(24)4-5-16(12)21/h1-9,17-18,26H,10-11H2,(H,27,28). The monoisotopic (exact) mass is 467 g/mol. The summed E-state index contributed by atoms with van der Waals surface area (Å²) in [6.45, 7) is 0. The highest BCUT2D eigenvalue weighted by Crippen LogP contribution is 2.53. The van der Waals surface area contributed by atoms with Gasteiger partial charge in [-0.2, -0.15) is 0 Å². The van der Waals surface area contributed by atoms with E-state index in [0.717, 1.165) is 0 Å². The van der Waals surface area contributed by atoms with Gasteiger partial charge in [-0.25, -0.2) is 13.6 Å². The molecular weight excluding hydrogens is 452 g/mol. The molecule has 4 atom stereocenters. The van der Waals surface area contributed by atoms with Crippen molar-refractivity contribution < 1.29 is 18.7 Å². The molecule has 28 heavy (non-hydrogen) atoms. The summed E-state index contributed by atoms with van der Waals surface area (Å²) in [5.41, 5.74) is -0.720. The number of anilines is 1. The summed E-state index contributed by atoms with van der Waals surface area (Å²) < 4.78 is 29.3.